The van der Waals surface area contributed by atoms with Gasteiger partial charge in [0.25, 0.3) is 5.91 Å². The number of nitrogens with one attached hydrogen (secondary N) is 1. The molecule has 1 N–H and O–H groups in total. The number of benzene rings is 2. The van der Waals surface area contributed by atoms with Gasteiger partial charge in [0.05, 0.1) is 5.56 Å². The minimum atomic E-state index is -4.76. The van der Waals surface area contributed by atoms with Crippen LogP contribution in [-0.4, -0.2) is 29.0 Å². The lowest BCUT2D eigenvalue weighted by atomic mass is 10.1. The SMILES string of the molecule is O=C(NCCc1cccc(OC(F)(F)F)c1)c1cc(Cl)nnc1Sc1ccccc1. The van der Waals surface area contributed by atoms with Gasteiger partial charge in [-0.25, -0.2) is 0 Å². The molecule has 0 aliphatic carbocycles. The van der Waals surface area contributed by atoms with E-state index in [9.17, 15) is 18.0 Å². The fourth-order valence-electron chi connectivity index (χ4n) is 2.51. The molecule has 10 heteroatoms. The van der Waals surface area contributed by atoms with Crippen molar-refractivity contribution >= 4 is 29.3 Å². The molecule has 1 amide bonds. The van der Waals surface area contributed by atoms with E-state index in [0.717, 1.165) is 4.90 Å². The second-order valence-corrected chi connectivity index (χ2v) is 7.45. The highest BCUT2D eigenvalue weighted by Gasteiger charge is 2.31. The third-order valence-electron chi connectivity index (χ3n) is 3.76. The maximum Gasteiger partial charge on any atom is 0.573 e. The predicted molar refractivity (Wildman–Crippen MR) is 107 cm³/mol. The first-order valence-electron chi connectivity index (χ1n) is 8.69. The molecule has 1 aromatic heterocycles. The summed E-state index contributed by atoms with van der Waals surface area (Å²) in [6.07, 6.45) is -4.44. The molecular formula is C20H15ClF3N3O2S. The van der Waals surface area contributed by atoms with Crippen molar-refractivity contribution in [3.8, 4) is 5.75 Å². The zero-order chi connectivity index (χ0) is 21.6. The lowest BCUT2D eigenvalue weighted by Gasteiger charge is -2.11. The highest BCUT2D eigenvalue weighted by Crippen LogP contribution is 2.29. The molecule has 0 saturated heterocycles. The van der Waals surface area contributed by atoms with Gasteiger partial charge in [0, 0.05) is 11.4 Å². The quantitative estimate of drug-likeness (QED) is 0.536. The monoisotopic (exact) mass is 453 g/mol. The largest absolute Gasteiger partial charge is 0.573 e. The number of nitrogens with zero attached hydrogens (tertiary/aromatic N) is 2. The highest BCUT2D eigenvalue weighted by atomic mass is 35.5. The van der Waals surface area contributed by atoms with Crippen molar-refractivity contribution < 1.29 is 22.7 Å². The minimum absolute atomic E-state index is 0.0783. The summed E-state index contributed by atoms with van der Waals surface area (Å²) < 4.78 is 40.9. The molecule has 5 nitrogen and oxygen atoms in total. The maximum absolute atomic E-state index is 12.6. The Hall–Kier alpha value is -2.78. The molecule has 0 saturated carbocycles. The molecule has 3 aromatic rings. The van der Waals surface area contributed by atoms with Gasteiger partial charge in [-0.15, -0.1) is 23.4 Å². The first-order chi connectivity index (χ1) is 14.3. The van der Waals surface area contributed by atoms with E-state index in [1.54, 1.807) is 6.07 Å². The van der Waals surface area contributed by atoms with Crippen molar-refractivity contribution in [3.63, 3.8) is 0 Å². The number of carbonyl (C=O) groups is 1. The van der Waals surface area contributed by atoms with Gasteiger partial charge in [0.1, 0.15) is 10.8 Å². The number of ether oxygens (including phenoxy) is 1. The summed E-state index contributed by atoms with van der Waals surface area (Å²) in [6.45, 7) is 0.198. The summed E-state index contributed by atoms with van der Waals surface area (Å²) in [5.74, 6) is -0.717. The average molecular weight is 454 g/mol. The Morgan fingerprint density at radius 2 is 1.83 bits per heavy atom. The number of alkyl halides is 3. The molecule has 3 rings (SSSR count). The van der Waals surface area contributed by atoms with Gasteiger partial charge in [0.15, 0.2) is 5.15 Å². The summed E-state index contributed by atoms with van der Waals surface area (Å²) in [5.41, 5.74) is 0.847. The van der Waals surface area contributed by atoms with E-state index < -0.39 is 12.3 Å². The van der Waals surface area contributed by atoms with Crippen LogP contribution in [0.1, 0.15) is 15.9 Å². The first kappa shape index (κ1) is 21.9. The number of amides is 1. The van der Waals surface area contributed by atoms with Crippen molar-refractivity contribution in [3.05, 3.63) is 76.9 Å². The van der Waals surface area contributed by atoms with E-state index >= 15 is 0 Å². The zero-order valence-electron chi connectivity index (χ0n) is 15.3. The van der Waals surface area contributed by atoms with E-state index in [4.69, 9.17) is 11.6 Å². The summed E-state index contributed by atoms with van der Waals surface area (Å²) in [4.78, 5) is 13.5. The van der Waals surface area contributed by atoms with Crippen LogP contribution in [0.5, 0.6) is 5.75 Å². The van der Waals surface area contributed by atoms with Crippen LogP contribution < -0.4 is 10.1 Å². The molecule has 30 heavy (non-hydrogen) atoms. The summed E-state index contributed by atoms with van der Waals surface area (Å²) in [7, 11) is 0. The molecule has 1 heterocycles. The minimum Gasteiger partial charge on any atom is -0.406 e. The number of halogens is 4. The third-order valence-corrected chi connectivity index (χ3v) is 4.95. The van der Waals surface area contributed by atoms with Gasteiger partial charge in [0.2, 0.25) is 0 Å². The van der Waals surface area contributed by atoms with Crippen LogP contribution in [0.3, 0.4) is 0 Å². The fraction of sp³-hybridized carbons (Fsp3) is 0.150. The van der Waals surface area contributed by atoms with E-state index in [1.165, 1.54) is 36.0 Å². The molecule has 156 valence electrons. The second-order valence-electron chi connectivity index (χ2n) is 6.00. The van der Waals surface area contributed by atoms with Crippen LogP contribution in [0, 0.1) is 0 Å². The topological polar surface area (TPSA) is 64.1 Å². The van der Waals surface area contributed by atoms with Crippen LogP contribution in [-0.2, 0) is 6.42 Å². The van der Waals surface area contributed by atoms with Gasteiger partial charge in [-0.05, 0) is 42.3 Å². The average Bonchev–Trinajstić information content (AvgIpc) is 2.69. The number of rotatable bonds is 7. The highest BCUT2D eigenvalue weighted by molar-refractivity contribution is 7.99. The van der Waals surface area contributed by atoms with E-state index in [1.807, 2.05) is 30.3 Å². The number of hydrogen-bond donors (Lipinski definition) is 1. The van der Waals surface area contributed by atoms with Crippen LogP contribution >= 0.6 is 23.4 Å². The van der Waals surface area contributed by atoms with Crippen molar-refractivity contribution in [1.82, 2.24) is 15.5 Å². The Labute approximate surface area is 179 Å². The molecule has 0 spiro atoms. The number of hydrogen-bond acceptors (Lipinski definition) is 5. The van der Waals surface area contributed by atoms with Crippen molar-refractivity contribution in [2.24, 2.45) is 0 Å². The normalized spacial score (nSPS) is 11.2. The molecule has 2 aromatic carbocycles. The van der Waals surface area contributed by atoms with E-state index in [0.29, 0.717) is 17.0 Å². The van der Waals surface area contributed by atoms with E-state index in [-0.39, 0.29) is 23.0 Å². The van der Waals surface area contributed by atoms with Crippen LogP contribution in [0.15, 0.2) is 70.6 Å². The standard InChI is InChI=1S/C20H15ClF3N3O2S/c21-17-12-16(19(27-26-17)30-15-7-2-1-3-8-15)18(28)25-10-9-13-5-4-6-14(11-13)29-20(22,23)24/h1-8,11-12H,9-10H2,(H,25,28). The lowest BCUT2D eigenvalue weighted by Crippen LogP contribution is -2.26. The number of aromatic nitrogens is 2. The molecule has 0 radical (unpaired) electrons. The first-order valence-corrected chi connectivity index (χ1v) is 9.88. The van der Waals surface area contributed by atoms with Gasteiger partial charge >= 0.3 is 6.36 Å². The summed E-state index contributed by atoms with van der Waals surface area (Å²) in [5, 5.41) is 11.0. The van der Waals surface area contributed by atoms with Crippen molar-refractivity contribution in [2.45, 2.75) is 22.7 Å². The molecule has 0 aliphatic rings. The Bertz CT molecular complexity index is 1020. The molecule has 0 atom stereocenters. The maximum atomic E-state index is 12.6. The Kier molecular flexibility index (Phi) is 7.17. The van der Waals surface area contributed by atoms with Gasteiger partial charge in [-0.1, -0.05) is 53.7 Å². The molecule has 0 bridgehead atoms. The Balaban J connectivity index is 1.64. The molecule has 0 fully saturated rings. The van der Waals surface area contributed by atoms with Gasteiger partial charge in [-0.2, -0.15) is 0 Å². The smallest absolute Gasteiger partial charge is 0.406 e. The third kappa shape index (κ3) is 6.64. The van der Waals surface area contributed by atoms with Gasteiger partial charge < -0.3 is 10.1 Å². The molecule has 0 unspecified atom stereocenters. The lowest BCUT2D eigenvalue weighted by molar-refractivity contribution is -0.274. The summed E-state index contributed by atoms with van der Waals surface area (Å²) >= 11 is 7.17. The predicted octanol–water partition coefficient (Wildman–Crippen LogP) is 5.15. The van der Waals surface area contributed by atoms with Crippen LogP contribution in [0.2, 0.25) is 5.15 Å². The van der Waals surface area contributed by atoms with Crippen molar-refractivity contribution in [2.75, 3.05) is 6.54 Å². The van der Waals surface area contributed by atoms with Crippen LogP contribution in [0.4, 0.5) is 13.2 Å². The summed E-state index contributed by atoms with van der Waals surface area (Å²) in [6, 6.07) is 16.4. The fourth-order valence-corrected chi connectivity index (χ4v) is 3.52. The number of carbonyl (C=O) groups excluding carboxylic acids is 1. The van der Waals surface area contributed by atoms with E-state index in [2.05, 4.69) is 20.3 Å². The van der Waals surface area contributed by atoms with Crippen LogP contribution in [0.25, 0.3) is 0 Å². The Morgan fingerprint density at radius 3 is 2.57 bits per heavy atom. The van der Waals surface area contributed by atoms with Gasteiger partial charge in [-0.3, -0.25) is 4.79 Å². The zero-order valence-corrected chi connectivity index (χ0v) is 16.9. The second kappa shape index (κ2) is 9.82. The molecular weight excluding hydrogens is 439 g/mol. The Morgan fingerprint density at radius 1 is 1.07 bits per heavy atom. The van der Waals surface area contributed by atoms with Crippen molar-refractivity contribution in [1.29, 1.82) is 0 Å². The molecule has 0 aliphatic heterocycles.